The molecule has 0 atom stereocenters. The quantitative estimate of drug-likeness (QED) is 0.696. The van der Waals surface area contributed by atoms with Gasteiger partial charge in [-0.3, -0.25) is 0 Å². The van der Waals surface area contributed by atoms with Gasteiger partial charge < -0.3 is 9.64 Å². The highest BCUT2D eigenvalue weighted by molar-refractivity contribution is 5.84. The predicted molar refractivity (Wildman–Crippen MR) is 97.0 cm³/mol. The lowest BCUT2D eigenvalue weighted by Crippen LogP contribution is -2.37. The monoisotopic (exact) mass is 353 g/mol. The number of methoxy groups -OCH3 is 1. The minimum Gasteiger partial charge on any atom is -0.453 e. The Bertz CT molecular complexity index is 928. The fraction of sp³-hybridized carbons (Fsp3) is 0.300. The molecule has 6 heteroatoms. The maximum atomic E-state index is 13.3. The van der Waals surface area contributed by atoms with Crippen molar-refractivity contribution < 1.29 is 13.9 Å². The molecule has 2 heterocycles. The standard InChI is InChI=1S/C20H20FN3O2/c1-26-20(25)23-12-10-14(11-13-23)19-17-4-2-3-5-18(17)24(22-19)16-8-6-15(21)7-9-16/h2-9,14H,10-13H2,1H3. The molecule has 2 aromatic carbocycles. The number of benzene rings is 2. The maximum absolute atomic E-state index is 13.3. The molecule has 0 aliphatic carbocycles. The van der Waals surface area contributed by atoms with Crippen molar-refractivity contribution in [2.24, 2.45) is 0 Å². The van der Waals surface area contributed by atoms with Gasteiger partial charge in [-0.25, -0.2) is 13.9 Å². The molecule has 3 aromatic rings. The smallest absolute Gasteiger partial charge is 0.409 e. The molecule has 0 saturated carbocycles. The lowest BCUT2D eigenvalue weighted by molar-refractivity contribution is 0.112. The first-order chi connectivity index (χ1) is 12.7. The van der Waals surface area contributed by atoms with E-state index in [2.05, 4.69) is 6.07 Å². The third-order valence-corrected chi connectivity index (χ3v) is 5.00. The largest absolute Gasteiger partial charge is 0.453 e. The van der Waals surface area contributed by atoms with E-state index in [1.54, 1.807) is 17.0 Å². The van der Waals surface area contributed by atoms with Crippen molar-refractivity contribution in [1.82, 2.24) is 14.7 Å². The van der Waals surface area contributed by atoms with Crippen molar-refractivity contribution in [2.45, 2.75) is 18.8 Å². The first kappa shape index (κ1) is 16.6. The fourth-order valence-corrected chi connectivity index (χ4v) is 3.64. The van der Waals surface area contributed by atoms with Gasteiger partial charge in [0.25, 0.3) is 0 Å². The predicted octanol–water partition coefficient (Wildman–Crippen LogP) is 4.11. The van der Waals surface area contributed by atoms with Gasteiger partial charge in [0.1, 0.15) is 5.82 Å². The highest BCUT2D eigenvalue weighted by Crippen LogP contribution is 2.33. The Morgan fingerprint density at radius 1 is 1.12 bits per heavy atom. The van der Waals surface area contributed by atoms with Gasteiger partial charge in [0.15, 0.2) is 0 Å². The highest BCUT2D eigenvalue weighted by Gasteiger charge is 2.27. The summed E-state index contributed by atoms with van der Waals surface area (Å²) in [7, 11) is 1.41. The number of rotatable bonds is 2. The van der Waals surface area contributed by atoms with E-state index in [0.29, 0.717) is 13.1 Å². The zero-order valence-electron chi connectivity index (χ0n) is 14.6. The van der Waals surface area contributed by atoms with E-state index in [4.69, 9.17) is 9.84 Å². The van der Waals surface area contributed by atoms with Crippen LogP contribution in [0.3, 0.4) is 0 Å². The van der Waals surface area contributed by atoms with Crippen LogP contribution in [0.1, 0.15) is 24.5 Å². The average Bonchev–Trinajstić information content (AvgIpc) is 3.08. The summed E-state index contributed by atoms with van der Waals surface area (Å²) in [6.45, 7) is 1.32. The zero-order chi connectivity index (χ0) is 18.1. The number of halogens is 1. The van der Waals surface area contributed by atoms with Crippen LogP contribution in [0, 0.1) is 5.82 Å². The third kappa shape index (κ3) is 2.92. The van der Waals surface area contributed by atoms with E-state index in [1.807, 2.05) is 22.9 Å². The Hall–Kier alpha value is -2.89. The Kier molecular flexibility index (Phi) is 4.32. The summed E-state index contributed by atoms with van der Waals surface area (Å²) in [6, 6.07) is 14.4. The number of hydrogen-bond donors (Lipinski definition) is 0. The van der Waals surface area contributed by atoms with Gasteiger partial charge in [-0.1, -0.05) is 18.2 Å². The second-order valence-electron chi connectivity index (χ2n) is 6.52. The van der Waals surface area contributed by atoms with E-state index in [9.17, 15) is 9.18 Å². The van der Waals surface area contributed by atoms with Crippen LogP contribution in [-0.4, -0.2) is 41.0 Å². The normalized spacial score (nSPS) is 15.4. The van der Waals surface area contributed by atoms with Gasteiger partial charge in [-0.2, -0.15) is 5.10 Å². The number of nitrogens with zero attached hydrogens (tertiary/aromatic N) is 3. The topological polar surface area (TPSA) is 47.4 Å². The van der Waals surface area contributed by atoms with Crippen molar-refractivity contribution in [1.29, 1.82) is 0 Å². The van der Waals surface area contributed by atoms with Crippen LogP contribution in [0.25, 0.3) is 16.6 Å². The molecule has 5 nitrogen and oxygen atoms in total. The number of hydrogen-bond acceptors (Lipinski definition) is 3. The number of ether oxygens (including phenoxy) is 1. The van der Waals surface area contributed by atoms with Crippen LogP contribution in [-0.2, 0) is 4.74 Å². The summed E-state index contributed by atoms with van der Waals surface area (Å²) >= 11 is 0. The highest BCUT2D eigenvalue weighted by atomic mass is 19.1. The van der Waals surface area contributed by atoms with Crippen LogP contribution in [0.2, 0.25) is 0 Å². The third-order valence-electron chi connectivity index (χ3n) is 5.00. The Labute approximate surface area is 151 Å². The molecule has 26 heavy (non-hydrogen) atoms. The molecule has 1 aliphatic rings. The average molecular weight is 353 g/mol. The summed E-state index contributed by atoms with van der Waals surface area (Å²) in [4.78, 5) is 13.4. The first-order valence-electron chi connectivity index (χ1n) is 8.74. The number of carbonyl (C=O) groups excluding carboxylic acids is 1. The molecule has 0 unspecified atom stereocenters. The number of likely N-dealkylation sites (tertiary alicyclic amines) is 1. The molecule has 134 valence electrons. The van der Waals surface area contributed by atoms with Crippen LogP contribution in [0.4, 0.5) is 9.18 Å². The van der Waals surface area contributed by atoms with Gasteiger partial charge in [-0.15, -0.1) is 0 Å². The number of carbonyl (C=O) groups is 1. The zero-order valence-corrected chi connectivity index (χ0v) is 14.6. The molecule has 1 saturated heterocycles. The van der Waals surface area contributed by atoms with Crippen molar-refractivity contribution in [2.75, 3.05) is 20.2 Å². The Morgan fingerprint density at radius 2 is 1.81 bits per heavy atom. The second-order valence-corrected chi connectivity index (χ2v) is 6.52. The number of fused-ring (bicyclic) bond motifs is 1. The van der Waals surface area contributed by atoms with Gasteiger partial charge >= 0.3 is 6.09 Å². The van der Waals surface area contributed by atoms with Crippen LogP contribution in [0.15, 0.2) is 48.5 Å². The molecule has 4 rings (SSSR count). The van der Waals surface area contributed by atoms with Gasteiger partial charge in [0.05, 0.1) is 24.0 Å². The molecular weight excluding hydrogens is 333 g/mol. The lowest BCUT2D eigenvalue weighted by atomic mass is 9.92. The molecule has 1 aromatic heterocycles. The Morgan fingerprint density at radius 3 is 2.50 bits per heavy atom. The second kappa shape index (κ2) is 6.78. The van der Waals surface area contributed by atoms with Crippen LogP contribution >= 0.6 is 0 Å². The molecule has 0 bridgehead atoms. The number of piperidine rings is 1. The molecule has 1 amide bonds. The number of aromatic nitrogens is 2. The molecule has 0 spiro atoms. The molecule has 1 fully saturated rings. The van der Waals surface area contributed by atoms with E-state index < -0.39 is 0 Å². The summed E-state index contributed by atoms with van der Waals surface area (Å²) in [5.74, 6) is 0.0168. The minimum absolute atomic E-state index is 0.263. The number of para-hydroxylation sites is 1. The first-order valence-corrected chi connectivity index (χ1v) is 8.74. The Balaban J connectivity index is 1.68. The summed E-state index contributed by atoms with van der Waals surface area (Å²) in [5.41, 5.74) is 2.87. The van der Waals surface area contributed by atoms with E-state index in [0.717, 1.165) is 35.1 Å². The molecule has 0 radical (unpaired) electrons. The van der Waals surface area contributed by atoms with E-state index in [1.165, 1.54) is 19.2 Å². The minimum atomic E-state index is -0.273. The van der Waals surface area contributed by atoms with Gasteiger partial charge in [0.2, 0.25) is 0 Å². The van der Waals surface area contributed by atoms with Crippen molar-refractivity contribution in [3.05, 3.63) is 60.0 Å². The van der Waals surface area contributed by atoms with Crippen molar-refractivity contribution in [3.63, 3.8) is 0 Å². The lowest BCUT2D eigenvalue weighted by Gasteiger charge is -2.30. The van der Waals surface area contributed by atoms with Gasteiger partial charge in [-0.05, 0) is 43.2 Å². The summed E-state index contributed by atoms with van der Waals surface area (Å²) in [5, 5.41) is 5.97. The van der Waals surface area contributed by atoms with Crippen LogP contribution < -0.4 is 0 Å². The fourth-order valence-electron chi connectivity index (χ4n) is 3.64. The molecule has 1 aliphatic heterocycles. The molecular formula is C20H20FN3O2. The van der Waals surface area contributed by atoms with Crippen molar-refractivity contribution in [3.8, 4) is 5.69 Å². The molecule has 0 N–H and O–H groups in total. The SMILES string of the molecule is COC(=O)N1CCC(c2nn(-c3ccc(F)cc3)c3ccccc23)CC1. The number of amides is 1. The van der Waals surface area contributed by atoms with E-state index >= 15 is 0 Å². The maximum Gasteiger partial charge on any atom is 0.409 e. The summed E-state index contributed by atoms with van der Waals surface area (Å²) < 4.78 is 20.0. The summed E-state index contributed by atoms with van der Waals surface area (Å²) in [6.07, 6.45) is 1.42. The van der Waals surface area contributed by atoms with Crippen LogP contribution in [0.5, 0.6) is 0 Å². The van der Waals surface area contributed by atoms with E-state index in [-0.39, 0.29) is 17.8 Å². The van der Waals surface area contributed by atoms with Gasteiger partial charge in [0, 0.05) is 24.4 Å². The van der Waals surface area contributed by atoms with Crippen molar-refractivity contribution >= 4 is 17.0 Å².